The molecule has 2 rings (SSSR count). The molecule has 16 heavy (non-hydrogen) atoms. The number of nitrogens with two attached hydrogens (primary N) is 1. The zero-order valence-electron chi connectivity index (χ0n) is 9.79. The Morgan fingerprint density at radius 1 is 1.50 bits per heavy atom. The first-order valence-corrected chi connectivity index (χ1v) is 7.94. The molecule has 0 atom stereocenters. The maximum Gasteiger partial charge on any atom is 0.0468 e. The van der Waals surface area contributed by atoms with Gasteiger partial charge in [0.15, 0.2) is 0 Å². The molecule has 1 saturated carbocycles. The van der Waals surface area contributed by atoms with Gasteiger partial charge >= 0.3 is 0 Å². The van der Waals surface area contributed by atoms with Crippen LogP contribution in [0.25, 0.3) is 0 Å². The van der Waals surface area contributed by atoms with Crippen molar-refractivity contribution in [1.82, 2.24) is 5.32 Å². The van der Waals surface area contributed by atoms with Crippen LogP contribution in [0.3, 0.4) is 0 Å². The van der Waals surface area contributed by atoms with Crippen molar-refractivity contribution >= 4 is 28.8 Å². The molecule has 1 aliphatic rings. The molecule has 4 heteroatoms. The van der Waals surface area contributed by atoms with Crippen molar-refractivity contribution in [3.63, 3.8) is 0 Å². The van der Waals surface area contributed by atoms with Crippen molar-refractivity contribution in [1.29, 1.82) is 0 Å². The lowest BCUT2D eigenvalue weighted by Crippen LogP contribution is -2.34. The van der Waals surface area contributed by atoms with Gasteiger partial charge in [0, 0.05) is 28.4 Å². The predicted molar refractivity (Wildman–Crippen MR) is 75.2 cm³/mol. The number of thiophene rings is 1. The summed E-state index contributed by atoms with van der Waals surface area (Å²) in [6, 6.07) is 1.99. The number of nitrogen functional groups attached to an aromatic ring is 1. The van der Waals surface area contributed by atoms with Gasteiger partial charge in [-0.2, -0.15) is 11.8 Å². The summed E-state index contributed by atoms with van der Waals surface area (Å²) in [5.74, 6) is 0. The standard InChI is InChI=1S/C12H20N2S2/c1-15-12(5-2-3-6-12)9-14-8-11-10(13)4-7-16-11/h4,7,14H,2-3,5-6,8-9,13H2,1H3. The normalized spacial score (nSPS) is 19.1. The topological polar surface area (TPSA) is 38.0 Å². The van der Waals surface area contributed by atoms with Crippen LogP contribution in [-0.2, 0) is 6.54 Å². The molecular formula is C12H20N2S2. The lowest BCUT2D eigenvalue weighted by Gasteiger charge is -2.27. The first-order chi connectivity index (χ1) is 7.76. The van der Waals surface area contributed by atoms with E-state index in [1.165, 1.54) is 30.6 Å². The highest BCUT2D eigenvalue weighted by atomic mass is 32.2. The van der Waals surface area contributed by atoms with E-state index in [2.05, 4.69) is 17.0 Å². The molecule has 1 fully saturated rings. The average molecular weight is 256 g/mol. The van der Waals surface area contributed by atoms with E-state index in [0.29, 0.717) is 4.75 Å². The van der Waals surface area contributed by atoms with E-state index in [-0.39, 0.29) is 0 Å². The molecule has 0 bridgehead atoms. The Labute approximate surface area is 106 Å². The zero-order valence-corrected chi connectivity index (χ0v) is 11.4. The largest absolute Gasteiger partial charge is 0.398 e. The molecule has 0 aliphatic heterocycles. The minimum atomic E-state index is 0.492. The van der Waals surface area contributed by atoms with Crippen LogP contribution < -0.4 is 11.1 Å². The van der Waals surface area contributed by atoms with E-state index < -0.39 is 0 Å². The minimum Gasteiger partial charge on any atom is -0.398 e. The predicted octanol–water partition coefficient (Wildman–Crippen LogP) is 3.10. The Balaban J connectivity index is 1.81. The summed E-state index contributed by atoms with van der Waals surface area (Å²) >= 11 is 3.78. The Kier molecular flexibility index (Phi) is 4.16. The fraction of sp³-hybridized carbons (Fsp3) is 0.667. The molecular weight excluding hydrogens is 236 g/mol. The lowest BCUT2D eigenvalue weighted by atomic mass is 10.1. The monoisotopic (exact) mass is 256 g/mol. The minimum absolute atomic E-state index is 0.492. The Morgan fingerprint density at radius 2 is 2.25 bits per heavy atom. The van der Waals surface area contributed by atoms with Gasteiger partial charge in [0.25, 0.3) is 0 Å². The highest BCUT2D eigenvalue weighted by Gasteiger charge is 2.32. The van der Waals surface area contributed by atoms with Gasteiger partial charge in [-0.3, -0.25) is 0 Å². The molecule has 0 amide bonds. The van der Waals surface area contributed by atoms with Gasteiger partial charge in [0.05, 0.1) is 0 Å². The van der Waals surface area contributed by atoms with Gasteiger partial charge in [0.2, 0.25) is 0 Å². The molecule has 0 unspecified atom stereocenters. The zero-order chi connectivity index (χ0) is 11.4. The summed E-state index contributed by atoms with van der Waals surface area (Å²) in [5.41, 5.74) is 6.80. The van der Waals surface area contributed by atoms with Crippen molar-refractivity contribution in [3.05, 3.63) is 16.3 Å². The number of hydrogen-bond donors (Lipinski definition) is 2. The third kappa shape index (κ3) is 2.73. The van der Waals surface area contributed by atoms with Crippen molar-refractivity contribution in [2.75, 3.05) is 18.5 Å². The number of thioether (sulfide) groups is 1. The third-order valence-corrected chi connectivity index (χ3v) is 5.82. The highest BCUT2D eigenvalue weighted by molar-refractivity contribution is 8.00. The molecule has 1 aromatic heterocycles. The summed E-state index contributed by atoms with van der Waals surface area (Å²) in [4.78, 5) is 1.27. The fourth-order valence-corrected chi connectivity index (χ4v) is 4.08. The second-order valence-corrected chi connectivity index (χ2v) is 6.77. The maximum atomic E-state index is 5.87. The van der Waals surface area contributed by atoms with Gasteiger partial charge < -0.3 is 11.1 Å². The molecule has 0 saturated heterocycles. The van der Waals surface area contributed by atoms with Crippen molar-refractivity contribution < 1.29 is 0 Å². The number of hydrogen-bond acceptors (Lipinski definition) is 4. The number of nitrogens with one attached hydrogen (secondary N) is 1. The van der Waals surface area contributed by atoms with Crippen LogP contribution in [0.5, 0.6) is 0 Å². The SMILES string of the molecule is CSC1(CNCc2sccc2N)CCCC1. The van der Waals surface area contributed by atoms with E-state index in [1.54, 1.807) is 11.3 Å². The van der Waals surface area contributed by atoms with Crippen molar-refractivity contribution in [3.8, 4) is 0 Å². The van der Waals surface area contributed by atoms with Gasteiger partial charge in [-0.15, -0.1) is 11.3 Å². The van der Waals surface area contributed by atoms with Crippen LogP contribution in [0, 0.1) is 0 Å². The molecule has 1 aromatic rings. The summed E-state index contributed by atoms with van der Waals surface area (Å²) in [5, 5.41) is 5.63. The summed E-state index contributed by atoms with van der Waals surface area (Å²) in [7, 11) is 0. The molecule has 3 N–H and O–H groups in total. The van der Waals surface area contributed by atoms with E-state index in [9.17, 15) is 0 Å². The number of rotatable bonds is 5. The maximum absolute atomic E-state index is 5.87. The van der Waals surface area contributed by atoms with Crippen LogP contribution in [0.2, 0.25) is 0 Å². The third-order valence-electron chi connectivity index (χ3n) is 3.46. The van der Waals surface area contributed by atoms with Crippen LogP contribution in [-0.4, -0.2) is 17.5 Å². The first kappa shape index (κ1) is 12.3. The molecule has 1 aliphatic carbocycles. The van der Waals surface area contributed by atoms with E-state index >= 15 is 0 Å². The smallest absolute Gasteiger partial charge is 0.0468 e. The van der Waals surface area contributed by atoms with Crippen molar-refractivity contribution in [2.45, 2.75) is 37.0 Å². The number of anilines is 1. The molecule has 0 aromatic carbocycles. The molecule has 0 radical (unpaired) electrons. The molecule has 1 heterocycles. The Bertz CT molecular complexity index is 330. The Hall–Kier alpha value is -0.190. The fourth-order valence-electron chi connectivity index (χ4n) is 2.37. The van der Waals surface area contributed by atoms with Gasteiger partial charge in [-0.25, -0.2) is 0 Å². The summed E-state index contributed by atoms with van der Waals surface area (Å²) < 4.78 is 0.492. The van der Waals surface area contributed by atoms with Gasteiger partial charge in [-0.1, -0.05) is 12.8 Å². The van der Waals surface area contributed by atoms with Crippen LogP contribution in [0.4, 0.5) is 5.69 Å². The van der Waals surface area contributed by atoms with E-state index in [0.717, 1.165) is 18.8 Å². The van der Waals surface area contributed by atoms with E-state index in [4.69, 9.17) is 5.73 Å². The highest BCUT2D eigenvalue weighted by Crippen LogP contribution is 2.39. The molecule has 0 spiro atoms. The van der Waals surface area contributed by atoms with Gasteiger partial charge in [-0.05, 0) is 30.5 Å². The summed E-state index contributed by atoms with van der Waals surface area (Å²) in [6.45, 7) is 2.04. The van der Waals surface area contributed by atoms with Gasteiger partial charge in [0.1, 0.15) is 0 Å². The van der Waals surface area contributed by atoms with Crippen molar-refractivity contribution in [2.24, 2.45) is 0 Å². The average Bonchev–Trinajstić information content (AvgIpc) is 2.90. The van der Waals surface area contributed by atoms with E-state index in [1.807, 2.05) is 17.8 Å². The van der Waals surface area contributed by atoms with Crippen LogP contribution >= 0.6 is 23.1 Å². The first-order valence-electron chi connectivity index (χ1n) is 5.83. The lowest BCUT2D eigenvalue weighted by molar-refractivity contribution is 0.536. The second kappa shape index (κ2) is 5.43. The molecule has 2 nitrogen and oxygen atoms in total. The van der Waals surface area contributed by atoms with Crippen LogP contribution in [0.15, 0.2) is 11.4 Å². The van der Waals surface area contributed by atoms with Crippen LogP contribution in [0.1, 0.15) is 30.6 Å². The molecule has 90 valence electrons. The quantitative estimate of drug-likeness (QED) is 0.850. The Morgan fingerprint density at radius 3 is 2.81 bits per heavy atom. The summed E-state index contributed by atoms with van der Waals surface area (Å²) in [6.07, 6.45) is 7.75. The second-order valence-electron chi connectivity index (χ2n) is 4.50.